The smallest absolute Gasteiger partial charge is 0.410 e. The second-order valence-electron chi connectivity index (χ2n) is 13.5. The fraction of sp³-hybridized carbons (Fsp3) is 0.300. The minimum atomic E-state index is -1.27. The van der Waals surface area contributed by atoms with Crippen molar-refractivity contribution in [3.63, 3.8) is 0 Å². The summed E-state index contributed by atoms with van der Waals surface area (Å²) in [6.45, 7) is -0.265. The Labute approximate surface area is 294 Å². The fourth-order valence-electron chi connectivity index (χ4n) is 8.15. The van der Waals surface area contributed by atoms with Crippen molar-refractivity contribution < 1.29 is 43.6 Å². The summed E-state index contributed by atoms with van der Waals surface area (Å²) in [6.07, 6.45) is -3.72. The van der Waals surface area contributed by atoms with Crippen LogP contribution in [0.3, 0.4) is 0 Å². The molecule has 2 aliphatic heterocycles. The van der Waals surface area contributed by atoms with Gasteiger partial charge in [-0.25, -0.2) is 19.2 Å². The van der Waals surface area contributed by atoms with Gasteiger partial charge in [0.25, 0.3) is 0 Å². The van der Waals surface area contributed by atoms with Gasteiger partial charge in [0.15, 0.2) is 0 Å². The van der Waals surface area contributed by atoms with Crippen molar-refractivity contribution in [3.8, 4) is 22.3 Å². The van der Waals surface area contributed by atoms with E-state index in [1.54, 1.807) is 0 Å². The van der Waals surface area contributed by atoms with Crippen LogP contribution in [0.15, 0.2) is 97.1 Å². The molecular formula is C40H36N2O9. The van der Waals surface area contributed by atoms with E-state index in [-0.39, 0.29) is 51.0 Å². The van der Waals surface area contributed by atoms with Gasteiger partial charge >= 0.3 is 24.1 Å². The molecule has 0 aromatic heterocycles. The molecule has 2 amide bonds. The van der Waals surface area contributed by atoms with Gasteiger partial charge in [-0.3, -0.25) is 9.80 Å². The first-order valence-corrected chi connectivity index (χ1v) is 17.1. The Bertz CT molecular complexity index is 1940. The highest BCUT2D eigenvalue weighted by atomic mass is 16.6. The molecule has 4 atom stereocenters. The zero-order valence-electron chi connectivity index (χ0n) is 27.6. The van der Waals surface area contributed by atoms with E-state index in [4.69, 9.17) is 14.2 Å². The second kappa shape index (κ2) is 13.2. The molecule has 0 spiro atoms. The summed E-state index contributed by atoms with van der Waals surface area (Å²) in [7, 11) is 0. The number of aliphatic hydroxyl groups excluding tert-OH is 1. The Morgan fingerprint density at radius 3 is 1.43 bits per heavy atom. The maximum absolute atomic E-state index is 13.5. The Balaban J connectivity index is 0.904. The third-order valence-electron chi connectivity index (χ3n) is 10.5. The van der Waals surface area contributed by atoms with E-state index in [1.165, 1.54) is 0 Å². The molecule has 0 radical (unpaired) electrons. The van der Waals surface area contributed by atoms with Crippen molar-refractivity contribution in [2.24, 2.45) is 0 Å². The SMILES string of the molecule is O=C(O)[C@H]1C[C@@H](OC(=O)[C@H]2C[C@@H](O)CN2C(=O)OCC2c3ccccc3-c3ccccc32)CN1C(=O)OCC1c2ccccc2-c2ccccc21. The molecule has 2 N–H and O–H groups in total. The monoisotopic (exact) mass is 688 g/mol. The van der Waals surface area contributed by atoms with Crippen molar-refractivity contribution in [1.82, 2.24) is 9.80 Å². The lowest BCUT2D eigenvalue weighted by molar-refractivity contribution is -0.153. The van der Waals surface area contributed by atoms with Gasteiger partial charge in [-0.05, 0) is 44.5 Å². The first kappa shape index (κ1) is 32.5. The van der Waals surface area contributed by atoms with Crippen LogP contribution in [-0.2, 0) is 23.8 Å². The quantitative estimate of drug-likeness (QED) is 0.193. The lowest BCUT2D eigenvalue weighted by Gasteiger charge is -2.25. The number of amides is 2. The standard InChI is InChI=1S/C40H36N2O9/c43-23-17-36(41(19-23)39(47)49-21-33-29-13-5-1-9-25(29)26-10-2-6-14-30(26)33)38(46)51-24-18-35(37(44)45)42(20-24)40(48)50-22-34-31-15-7-3-11-27(31)28-12-4-8-16-32(28)34/h1-16,23-24,33-36,43H,17-22H2,(H,44,45)/t23-,24-,35-,36-/m1/s1. The number of β-amino-alcohol motifs (C(OH)–C–C–N with tert-alkyl or cyclic N) is 1. The molecule has 2 aliphatic carbocycles. The zero-order chi connectivity index (χ0) is 35.2. The summed E-state index contributed by atoms with van der Waals surface area (Å²) < 4.78 is 17.2. The number of fused-ring (bicyclic) bond motifs is 6. The Morgan fingerprint density at radius 1 is 0.588 bits per heavy atom. The van der Waals surface area contributed by atoms with E-state index in [0.29, 0.717) is 0 Å². The number of ether oxygens (including phenoxy) is 3. The fourth-order valence-corrected chi connectivity index (χ4v) is 8.15. The predicted octanol–water partition coefficient (Wildman–Crippen LogP) is 5.39. The highest BCUT2D eigenvalue weighted by Crippen LogP contribution is 2.46. The third kappa shape index (κ3) is 5.87. The molecule has 2 saturated heterocycles. The van der Waals surface area contributed by atoms with E-state index in [9.17, 15) is 29.4 Å². The van der Waals surface area contributed by atoms with Gasteiger partial charge in [-0.15, -0.1) is 0 Å². The number of carbonyl (C=O) groups is 4. The Hall–Kier alpha value is -5.68. The van der Waals surface area contributed by atoms with Crippen LogP contribution in [-0.4, -0.2) is 94.7 Å². The van der Waals surface area contributed by atoms with Crippen molar-refractivity contribution in [2.75, 3.05) is 26.3 Å². The predicted molar refractivity (Wildman–Crippen MR) is 184 cm³/mol. The van der Waals surface area contributed by atoms with Crippen LogP contribution in [0.5, 0.6) is 0 Å². The Kier molecular flexibility index (Phi) is 8.43. The number of hydrogen-bond donors (Lipinski definition) is 2. The van der Waals surface area contributed by atoms with Gasteiger partial charge in [0.05, 0.1) is 19.2 Å². The van der Waals surface area contributed by atoms with Crippen LogP contribution in [0.2, 0.25) is 0 Å². The summed E-state index contributed by atoms with van der Waals surface area (Å²) in [5.74, 6) is -2.45. The lowest BCUT2D eigenvalue weighted by atomic mass is 9.98. The number of benzene rings is 4. The minimum absolute atomic E-state index is 0.00914. The average molecular weight is 689 g/mol. The van der Waals surface area contributed by atoms with Crippen LogP contribution < -0.4 is 0 Å². The summed E-state index contributed by atoms with van der Waals surface area (Å²) >= 11 is 0. The maximum Gasteiger partial charge on any atom is 0.410 e. The van der Waals surface area contributed by atoms with Crippen LogP contribution in [0.25, 0.3) is 22.3 Å². The Morgan fingerprint density at radius 2 is 1.00 bits per heavy atom. The van der Waals surface area contributed by atoms with Crippen molar-refractivity contribution in [2.45, 2.75) is 49.0 Å². The molecule has 4 aromatic carbocycles. The molecule has 0 unspecified atom stereocenters. The number of likely N-dealkylation sites (tertiary alicyclic amines) is 2. The summed E-state index contributed by atoms with van der Waals surface area (Å²) in [4.78, 5) is 54.6. The first-order valence-electron chi connectivity index (χ1n) is 17.1. The van der Waals surface area contributed by atoms with Gasteiger partial charge in [0, 0.05) is 24.7 Å². The number of carbonyl (C=O) groups excluding carboxylic acids is 3. The number of carboxylic acid groups (broad SMARTS) is 1. The summed E-state index contributed by atoms with van der Waals surface area (Å²) in [5, 5.41) is 20.4. The van der Waals surface area contributed by atoms with E-state index < -0.39 is 48.4 Å². The zero-order valence-corrected chi connectivity index (χ0v) is 27.6. The van der Waals surface area contributed by atoms with Crippen LogP contribution in [0.4, 0.5) is 9.59 Å². The van der Waals surface area contributed by atoms with Gasteiger partial charge in [-0.2, -0.15) is 0 Å². The summed E-state index contributed by atoms with van der Waals surface area (Å²) in [6, 6.07) is 29.3. The molecule has 51 heavy (non-hydrogen) atoms. The van der Waals surface area contributed by atoms with Crippen molar-refractivity contribution in [1.29, 1.82) is 0 Å². The molecule has 0 bridgehead atoms. The third-order valence-corrected chi connectivity index (χ3v) is 10.5. The topological polar surface area (TPSA) is 143 Å². The molecule has 11 nitrogen and oxygen atoms in total. The molecule has 260 valence electrons. The molecule has 0 saturated carbocycles. The summed E-state index contributed by atoms with van der Waals surface area (Å²) in [5.41, 5.74) is 8.41. The number of carboxylic acids is 1. The molecular weight excluding hydrogens is 652 g/mol. The van der Waals surface area contributed by atoms with Gasteiger partial charge < -0.3 is 24.4 Å². The number of hydrogen-bond acceptors (Lipinski definition) is 8. The molecule has 4 aromatic rings. The molecule has 8 rings (SSSR count). The molecule has 2 heterocycles. The highest BCUT2D eigenvalue weighted by Gasteiger charge is 2.46. The van der Waals surface area contributed by atoms with E-state index in [2.05, 4.69) is 0 Å². The van der Waals surface area contributed by atoms with Crippen molar-refractivity contribution in [3.05, 3.63) is 119 Å². The molecule has 2 fully saturated rings. The first-order chi connectivity index (χ1) is 24.8. The number of rotatable bonds is 7. The normalized spacial score (nSPS) is 21.8. The van der Waals surface area contributed by atoms with E-state index in [1.807, 2.05) is 97.1 Å². The lowest BCUT2D eigenvalue weighted by Crippen LogP contribution is -2.43. The van der Waals surface area contributed by atoms with Crippen LogP contribution in [0.1, 0.15) is 46.9 Å². The molecule has 4 aliphatic rings. The second-order valence-corrected chi connectivity index (χ2v) is 13.5. The van der Waals surface area contributed by atoms with Gasteiger partial charge in [0.2, 0.25) is 0 Å². The molecule has 11 heteroatoms. The van der Waals surface area contributed by atoms with Crippen LogP contribution in [0, 0.1) is 0 Å². The van der Waals surface area contributed by atoms with Gasteiger partial charge in [-0.1, -0.05) is 97.1 Å². The average Bonchev–Trinajstić information content (AvgIpc) is 3.91. The minimum Gasteiger partial charge on any atom is -0.480 e. The van der Waals surface area contributed by atoms with E-state index in [0.717, 1.165) is 54.3 Å². The number of nitrogens with zero attached hydrogens (tertiary/aromatic N) is 2. The largest absolute Gasteiger partial charge is 0.480 e. The highest BCUT2D eigenvalue weighted by molar-refractivity contribution is 5.84. The maximum atomic E-state index is 13.5. The van der Waals surface area contributed by atoms with Crippen LogP contribution >= 0.6 is 0 Å². The number of aliphatic hydroxyl groups is 1. The van der Waals surface area contributed by atoms with Crippen molar-refractivity contribution >= 4 is 24.1 Å². The number of aliphatic carboxylic acids is 1. The number of esters is 1. The van der Waals surface area contributed by atoms with E-state index >= 15 is 0 Å². The van der Waals surface area contributed by atoms with Gasteiger partial charge in [0.1, 0.15) is 31.4 Å².